The number of rotatable bonds is 3. The van der Waals surface area contributed by atoms with Gasteiger partial charge in [0.25, 0.3) is 9.84 Å². The summed E-state index contributed by atoms with van der Waals surface area (Å²) in [6.07, 6.45) is -2.60. The molecule has 4 atom stereocenters. The van der Waals surface area contributed by atoms with Crippen molar-refractivity contribution in [2.24, 2.45) is 11.7 Å². The number of benzene rings is 1. The van der Waals surface area contributed by atoms with Crippen molar-refractivity contribution in [2.45, 2.75) is 35.1 Å². The average Bonchev–Trinajstić information content (AvgIpc) is 2.74. The Labute approximate surface area is 147 Å². The van der Waals surface area contributed by atoms with Gasteiger partial charge in [0.2, 0.25) is 5.91 Å². The monoisotopic (exact) mass is 404 g/mol. The minimum absolute atomic E-state index is 0. The molecule has 0 saturated heterocycles. The van der Waals surface area contributed by atoms with Gasteiger partial charge in [0.05, 0.1) is 23.0 Å². The Morgan fingerprint density at radius 2 is 1.88 bits per heavy atom. The molecule has 2 rings (SSSR count). The second-order valence-electron chi connectivity index (χ2n) is 5.44. The fraction of sp³-hybridized carbons (Fsp3) is 0.462. The molecule has 3 unspecified atom stereocenters. The predicted octanol–water partition coefficient (Wildman–Crippen LogP) is 0.409. The van der Waals surface area contributed by atoms with Gasteiger partial charge in [0.15, 0.2) is 0 Å². The summed E-state index contributed by atoms with van der Waals surface area (Å²) in [4.78, 5) is 11.1. The first-order valence-electron chi connectivity index (χ1n) is 6.79. The number of carbonyl (C=O) groups excluding carboxylic acids is 1. The van der Waals surface area contributed by atoms with E-state index in [1.807, 2.05) is 0 Å². The number of nitrogens with one attached hydrogen (secondary N) is 1. The topological polar surface area (TPSA) is 130 Å². The first-order chi connectivity index (χ1) is 10.9. The van der Waals surface area contributed by atoms with Gasteiger partial charge in [-0.3, -0.25) is 4.79 Å². The summed E-state index contributed by atoms with van der Waals surface area (Å²) in [5.74, 6) is -1.70. The highest BCUT2D eigenvalue weighted by Gasteiger charge is 2.47. The van der Waals surface area contributed by atoms with E-state index in [0.717, 1.165) is 12.1 Å². The molecule has 7 nitrogen and oxygen atoms in total. The van der Waals surface area contributed by atoms with Crippen LogP contribution in [0.25, 0.3) is 0 Å². The molecule has 1 aromatic rings. The third-order valence-corrected chi connectivity index (χ3v) is 5.29. The van der Waals surface area contributed by atoms with Gasteiger partial charge in [-0.2, -0.15) is 13.2 Å². The zero-order valence-electron chi connectivity index (χ0n) is 12.5. The van der Waals surface area contributed by atoms with Crippen molar-refractivity contribution in [1.29, 1.82) is 0 Å². The summed E-state index contributed by atoms with van der Waals surface area (Å²) in [6.45, 7) is 0. The highest BCUT2D eigenvalue weighted by Crippen LogP contribution is 2.32. The van der Waals surface area contributed by atoms with E-state index < -0.39 is 50.3 Å². The van der Waals surface area contributed by atoms with E-state index in [1.165, 1.54) is 6.07 Å². The molecule has 1 aromatic carbocycles. The zero-order valence-corrected chi connectivity index (χ0v) is 14.1. The standard InChI is InChI=1S/C13H15F3N2O5S.ClH/c14-13(15,16)24(22,23)7-3-1-2-6(4-7)18-12(21)8-5-9(19)11(20)10(8)17;/h1-4,8-11,19-20H,5,17H2,(H,18,21);1H/t8-,9?,10?,11?;/m1./s1. The number of aliphatic hydroxyl groups is 2. The highest BCUT2D eigenvalue weighted by molar-refractivity contribution is 7.92. The van der Waals surface area contributed by atoms with Crippen LogP contribution in [0.5, 0.6) is 0 Å². The molecule has 5 N–H and O–H groups in total. The lowest BCUT2D eigenvalue weighted by atomic mass is 10.0. The van der Waals surface area contributed by atoms with E-state index in [2.05, 4.69) is 5.32 Å². The van der Waals surface area contributed by atoms with E-state index in [1.54, 1.807) is 0 Å². The normalized spacial score (nSPS) is 26.8. The molecule has 0 aliphatic heterocycles. The molecule has 1 amide bonds. The molecular weight excluding hydrogens is 389 g/mol. The predicted molar refractivity (Wildman–Crippen MR) is 83.7 cm³/mol. The number of amides is 1. The third-order valence-electron chi connectivity index (χ3n) is 3.80. The van der Waals surface area contributed by atoms with E-state index in [9.17, 15) is 36.6 Å². The molecule has 1 aliphatic rings. The molecule has 12 heteroatoms. The average molecular weight is 405 g/mol. The number of hydrogen-bond donors (Lipinski definition) is 4. The number of hydrogen-bond acceptors (Lipinski definition) is 6. The minimum atomic E-state index is -5.54. The molecule has 0 spiro atoms. The molecule has 1 saturated carbocycles. The Bertz CT molecular complexity index is 743. The Hall–Kier alpha value is -1.40. The van der Waals surface area contributed by atoms with Crippen LogP contribution in [0.15, 0.2) is 29.2 Å². The molecule has 25 heavy (non-hydrogen) atoms. The van der Waals surface area contributed by atoms with Gasteiger partial charge in [-0.25, -0.2) is 8.42 Å². The van der Waals surface area contributed by atoms with Crippen LogP contribution in [0.1, 0.15) is 6.42 Å². The molecule has 1 fully saturated rings. The molecular formula is C13H16ClF3N2O5S. The van der Waals surface area contributed by atoms with Gasteiger partial charge in [-0.1, -0.05) is 6.07 Å². The number of aliphatic hydroxyl groups excluding tert-OH is 2. The van der Waals surface area contributed by atoms with Crippen LogP contribution < -0.4 is 11.1 Å². The van der Waals surface area contributed by atoms with Gasteiger partial charge >= 0.3 is 5.51 Å². The first kappa shape index (κ1) is 21.6. The van der Waals surface area contributed by atoms with Crippen molar-refractivity contribution in [1.82, 2.24) is 0 Å². The van der Waals surface area contributed by atoms with Crippen molar-refractivity contribution in [3.8, 4) is 0 Å². The van der Waals surface area contributed by atoms with Crippen molar-refractivity contribution in [2.75, 3.05) is 5.32 Å². The maximum Gasteiger partial charge on any atom is 0.501 e. The summed E-state index contributed by atoms with van der Waals surface area (Å²) in [5.41, 5.74) is -0.0252. The van der Waals surface area contributed by atoms with Crippen LogP contribution in [0, 0.1) is 5.92 Å². The van der Waals surface area contributed by atoms with Gasteiger partial charge in [0.1, 0.15) is 0 Å². The van der Waals surface area contributed by atoms with Crippen molar-refractivity contribution < 1.29 is 36.6 Å². The van der Waals surface area contributed by atoms with E-state index in [-0.39, 0.29) is 24.5 Å². The van der Waals surface area contributed by atoms with Crippen LogP contribution in [-0.2, 0) is 14.6 Å². The smallest absolute Gasteiger partial charge is 0.390 e. The van der Waals surface area contributed by atoms with Crippen LogP contribution >= 0.6 is 12.4 Å². The fourth-order valence-corrected chi connectivity index (χ4v) is 3.25. The Kier molecular flexibility index (Phi) is 6.46. The van der Waals surface area contributed by atoms with Crippen LogP contribution in [0.4, 0.5) is 18.9 Å². The lowest BCUT2D eigenvalue weighted by molar-refractivity contribution is -0.120. The number of carbonyl (C=O) groups is 1. The molecule has 142 valence electrons. The van der Waals surface area contributed by atoms with Gasteiger partial charge in [-0.15, -0.1) is 12.4 Å². The van der Waals surface area contributed by atoms with E-state index in [4.69, 9.17) is 5.73 Å². The fourth-order valence-electron chi connectivity index (χ4n) is 2.44. The number of sulfone groups is 1. The van der Waals surface area contributed by atoms with Crippen LogP contribution in [0.3, 0.4) is 0 Å². The summed E-state index contributed by atoms with van der Waals surface area (Å²) < 4.78 is 60.4. The summed E-state index contributed by atoms with van der Waals surface area (Å²) >= 11 is 0. The highest BCUT2D eigenvalue weighted by atomic mass is 35.5. The molecule has 0 radical (unpaired) electrons. The van der Waals surface area contributed by atoms with Crippen LogP contribution in [-0.4, -0.2) is 48.3 Å². The first-order valence-corrected chi connectivity index (χ1v) is 8.27. The zero-order chi connectivity index (χ0) is 18.3. The summed E-state index contributed by atoms with van der Waals surface area (Å²) in [7, 11) is -5.54. The van der Waals surface area contributed by atoms with Crippen molar-refractivity contribution in [3.63, 3.8) is 0 Å². The van der Waals surface area contributed by atoms with Gasteiger partial charge in [-0.05, 0) is 24.6 Å². The Balaban J connectivity index is 0.00000312. The second kappa shape index (κ2) is 7.46. The molecule has 0 aromatic heterocycles. The lowest BCUT2D eigenvalue weighted by Crippen LogP contribution is -2.42. The molecule has 1 aliphatic carbocycles. The molecule has 0 heterocycles. The second-order valence-corrected chi connectivity index (χ2v) is 7.38. The number of halogens is 4. The van der Waals surface area contributed by atoms with Gasteiger partial charge in [0, 0.05) is 11.7 Å². The summed E-state index contributed by atoms with van der Waals surface area (Å²) in [6, 6.07) is 2.65. The largest absolute Gasteiger partial charge is 0.501 e. The Morgan fingerprint density at radius 1 is 1.28 bits per heavy atom. The lowest BCUT2D eigenvalue weighted by Gasteiger charge is -2.17. The molecule has 0 bridgehead atoms. The van der Waals surface area contributed by atoms with Crippen molar-refractivity contribution in [3.05, 3.63) is 24.3 Å². The van der Waals surface area contributed by atoms with Crippen molar-refractivity contribution >= 4 is 33.8 Å². The van der Waals surface area contributed by atoms with E-state index in [0.29, 0.717) is 6.07 Å². The third kappa shape index (κ3) is 4.23. The number of anilines is 1. The Morgan fingerprint density at radius 3 is 2.36 bits per heavy atom. The minimum Gasteiger partial charge on any atom is -0.390 e. The quantitative estimate of drug-likeness (QED) is 0.577. The number of alkyl halides is 3. The van der Waals surface area contributed by atoms with E-state index >= 15 is 0 Å². The van der Waals surface area contributed by atoms with Crippen LogP contribution in [0.2, 0.25) is 0 Å². The summed E-state index contributed by atoms with van der Waals surface area (Å²) in [5, 5.41) is 21.3. The maximum atomic E-state index is 12.5. The van der Waals surface area contributed by atoms with Gasteiger partial charge < -0.3 is 21.3 Å². The SMILES string of the molecule is Cl.NC1C(O)C(O)C[C@H]1C(=O)Nc1cccc(S(=O)(=O)C(F)(F)F)c1. The number of nitrogens with two attached hydrogens (primary N) is 1. The maximum absolute atomic E-state index is 12.5.